The first-order valence-electron chi connectivity index (χ1n) is 5.01. The highest BCUT2D eigenvalue weighted by Gasteiger charge is 2.17. The first kappa shape index (κ1) is 12.9. The van der Waals surface area contributed by atoms with Crippen molar-refractivity contribution in [3.05, 3.63) is 0 Å². The number of esters is 1. The van der Waals surface area contributed by atoms with Gasteiger partial charge in [-0.1, -0.05) is 6.92 Å². The van der Waals surface area contributed by atoms with Gasteiger partial charge in [-0.2, -0.15) is 0 Å². The van der Waals surface area contributed by atoms with Crippen LogP contribution in [0.5, 0.6) is 0 Å². The van der Waals surface area contributed by atoms with Crippen LogP contribution in [0.15, 0.2) is 0 Å². The summed E-state index contributed by atoms with van der Waals surface area (Å²) < 4.78 is 5.12. The Kier molecular flexibility index (Phi) is 6.80. The van der Waals surface area contributed by atoms with Crippen LogP contribution in [0.25, 0.3) is 0 Å². The van der Waals surface area contributed by atoms with E-state index in [0.29, 0.717) is 6.42 Å². The highest BCUT2D eigenvalue weighted by Crippen LogP contribution is 2.21. The van der Waals surface area contributed by atoms with Crippen molar-refractivity contribution in [3.63, 3.8) is 0 Å². The lowest BCUT2D eigenvalue weighted by Crippen LogP contribution is -2.13. The van der Waals surface area contributed by atoms with Crippen LogP contribution >= 0.6 is 0 Å². The van der Waals surface area contributed by atoms with Crippen LogP contribution < -0.4 is 5.73 Å². The van der Waals surface area contributed by atoms with Crippen molar-refractivity contribution in [3.8, 4) is 0 Å². The van der Waals surface area contributed by atoms with Crippen molar-refractivity contribution in [1.82, 2.24) is 0 Å². The molecule has 14 heavy (non-hydrogen) atoms. The second-order valence-electron chi connectivity index (χ2n) is 3.36. The van der Waals surface area contributed by atoms with E-state index in [9.17, 15) is 9.59 Å². The Morgan fingerprint density at radius 1 is 1.36 bits per heavy atom. The molecule has 1 amide bonds. The molecule has 0 aliphatic heterocycles. The fourth-order valence-electron chi connectivity index (χ4n) is 1.28. The maximum Gasteiger partial charge on any atom is 0.305 e. The maximum atomic E-state index is 10.7. The molecule has 0 aromatic rings. The third-order valence-corrected chi connectivity index (χ3v) is 1.89. The smallest absolute Gasteiger partial charge is 0.305 e. The molecule has 0 unspecified atom stereocenters. The van der Waals surface area contributed by atoms with Gasteiger partial charge in [-0.25, -0.2) is 0 Å². The van der Waals surface area contributed by atoms with E-state index in [0.717, 1.165) is 12.8 Å². The van der Waals surface area contributed by atoms with E-state index >= 15 is 0 Å². The monoisotopic (exact) mass is 201 g/mol. The summed E-state index contributed by atoms with van der Waals surface area (Å²) in [7, 11) is 0. The van der Waals surface area contributed by atoms with Crippen molar-refractivity contribution in [1.29, 1.82) is 0 Å². The molecule has 1 rings (SSSR count). The largest absolute Gasteiger partial charge is 0.462 e. The van der Waals surface area contributed by atoms with E-state index in [1.54, 1.807) is 0 Å². The van der Waals surface area contributed by atoms with Crippen LogP contribution in [0, 0.1) is 0 Å². The molecule has 0 heterocycles. The molecule has 1 aliphatic rings. The Labute approximate surface area is 84.8 Å². The van der Waals surface area contributed by atoms with Crippen molar-refractivity contribution >= 4 is 11.9 Å². The number of hydrogen-bond donors (Lipinski definition) is 1. The number of nitrogens with two attached hydrogens (primary N) is 1. The number of carbonyl (C=O) groups excluding carboxylic acids is 2. The van der Waals surface area contributed by atoms with Gasteiger partial charge < -0.3 is 10.5 Å². The van der Waals surface area contributed by atoms with Gasteiger partial charge in [-0.05, 0) is 25.7 Å². The van der Waals surface area contributed by atoms with Crippen LogP contribution in [-0.2, 0) is 14.3 Å². The van der Waals surface area contributed by atoms with Gasteiger partial charge >= 0.3 is 5.97 Å². The molecule has 4 heteroatoms. The molecule has 1 fully saturated rings. The lowest BCUT2D eigenvalue weighted by molar-refractivity contribution is -0.148. The Balaban J connectivity index is 0.000000364. The zero-order valence-corrected chi connectivity index (χ0v) is 8.91. The number of primary amides is 1. The van der Waals surface area contributed by atoms with E-state index in [1.165, 1.54) is 19.8 Å². The van der Waals surface area contributed by atoms with Crippen molar-refractivity contribution in [2.75, 3.05) is 0 Å². The summed E-state index contributed by atoms with van der Waals surface area (Å²) in [5.74, 6) is -0.382. The molecule has 1 saturated carbocycles. The molecule has 0 aromatic carbocycles. The lowest BCUT2D eigenvalue weighted by Gasteiger charge is -2.09. The van der Waals surface area contributed by atoms with E-state index in [4.69, 9.17) is 4.74 Å². The molecule has 0 atom stereocenters. The van der Waals surface area contributed by atoms with E-state index in [2.05, 4.69) is 5.73 Å². The zero-order valence-electron chi connectivity index (χ0n) is 8.91. The van der Waals surface area contributed by atoms with Crippen molar-refractivity contribution < 1.29 is 14.3 Å². The normalized spacial score (nSPS) is 15.6. The average molecular weight is 201 g/mol. The Morgan fingerprint density at radius 2 is 1.79 bits per heavy atom. The highest BCUT2D eigenvalue weighted by molar-refractivity contribution is 5.70. The van der Waals surface area contributed by atoms with Gasteiger partial charge in [0.15, 0.2) is 0 Å². The lowest BCUT2D eigenvalue weighted by atomic mass is 10.3. The minimum atomic E-state index is -0.333. The van der Waals surface area contributed by atoms with Crippen LogP contribution in [0.4, 0.5) is 0 Å². The van der Waals surface area contributed by atoms with E-state index in [1.807, 2.05) is 6.92 Å². The second kappa shape index (κ2) is 7.35. The van der Waals surface area contributed by atoms with Gasteiger partial charge in [0.05, 0.1) is 0 Å². The summed E-state index contributed by atoms with van der Waals surface area (Å²) >= 11 is 0. The molecular weight excluding hydrogens is 182 g/mol. The molecule has 0 spiro atoms. The molecule has 82 valence electrons. The topological polar surface area (TPSA) is 69.4 Å². The summed E-state index contributed by atoms with van der Waals surface area (Å²) in [6, 6.07) is 0. The van der Waals surface area contributed by atoms with Gasteiger partial charge in [0.2, 0.25) is 5.91 Å². The minimum Gasteiger partial charge on any atom is -0.462 e. The van der Waals surface area contributed by atoms with Crippen LogP contribution in [0.3, 0.4) is 0 Å². The Morgan fingerprint density at radius 3 is 2.14 bits per heavy atom. The van der Waals surface area contributed by atoms with Crippen molar-refractivity contribution in [2.45, 2.75) is 52.1 Å². The first-order chi connectivity index (χ1) is 6.56. The van der Waals surface area contributed by atoms with E-state index in [-0.39, 0.29) is 18.0 Å². The molecule has 0 radical (unpaired) electrons. The number of carbonyl (C=O) groups is 2. The number of ether oxygens (including phenoxy) is 1. The summed E-state index contributed by atoms with van der Waals surface area (Å²) in [5, 5.41) is 0. The second-order valence-corrected chi connectivity index (χ2v) is 3.36. The van der Waals surface area contributed by atoms with Crippen LogP contribution in [-0.4, -0.2) is 18.0 Å². The SMILES string of the molecule is CC(N)=O.CCC(=O)OC1CCCC1. The summed E-state index contributed by atoms with van der Waals surface area (Å²) in [6.45, 7) is 3.14. The average Bonchev–Trinajstić information content (AvgIpc) is 2.55. The Hall–Kier alpha value is -1.06. The molecule has 0 aromatic heterocycles. The number of rotatable bonds is 2. The maximum absolute atomic E-state index is 10.7. The van der Waals surface area contributed by atoms with Gasteiger partial charge in [0.1, 0.15) is 6.10 Å². The van der Waals surface area contributed by atoms with Gasteiger partial charge in [0, 0.05) is 13.3 Å². The molecule has 0 bridgehead atoms. The van der Waals surface area contributed by atoms with Crippen molar-refractivity contribution in [2.24, 2.45) is 5.73 Å². The fourth-order valence-corrected chi connectivity index (χ4v) is 1.28. The zero-order chi connectivity index (χ0) is 11.0. The van der Waals surface area contributed by atoms with Gasteiger partial charge in [0.25, 0.3) is 0 Å². The minimum absolute atomic E-state index is 0.0492. The predicted octanol–water partition coefficient (Wildman–Crippen LogP) is 1.37. The molecule has 0 saturated heterocycles. The third-order valence-electron chi connectivity index (χ3n) is 1.89. The Bertz CT molecular complexity index is 182. The van der Waals surface area contributed by atoms with Crippen LogP contribution in [0.1, 0.15) is 46.0 Å². The highest BCUT2D eigenvalue weighted by atomic mass is 16.5. The summed E-state index contributed by atoms with van der Waals surface area (Å²) in [4.78, 5) is 20.0. The number of hydrogen-bond acceptors (Lipinski definition) is 3. The van der Waals surface area contributed by atoms with Gasteiger partial charge in [-0.3, -0.25) is 9.59 Å². The van der Waals surface area contributed by atoms with Crippen LogP contribution in [0.2, 0.25) is 0 Å². The summed E-state index contributed by atoms with van der Waals surface area (Å²) in [5.41, 5.74) is 4.47. The first-order valence-corrected chi connectivity index (χ1v) is 5.01. The van der Waals surface area contributed by atoms with E-state index < -0.39 is 0 Å². The third kappa shape index (κ3) is 7.58. The van der Waals surface area contributed by atoms with Gasteiger partial charge in [-0.15, -0.1) is 0 Å². The molecule has 1 aliphatic carbocycles. The standard InChI is InChI=1S/C8H14O2.C2H5NO/c1-2-8(9)10-7-5-3-4-6-7;1-2(3)4/h7H,2-6H2,1H3;1H3,(H2,3,4). The fraction of sp³-hybridized carbons (Fsp3) is 0.800. The number of amides is 1. The summed E-state index contributed by atoms with van der Waals surface area (Å²) in [6.07, 6.45) is 5.35. The molecular formula is C10H19NO3. The predicted molar refractivity (Wildman–Crippen MR) is 53.5 cm³/mol. The molecule has 2 N–H and O–H groups in total. The molecule has 4 nitrogen and oxygen atoms in total. The quantitative estimate of drug-likeness (QED) is 0.686.